The van der Waals surface area contributed by atoms with Gasteiger partial charge in [0.2, 0.25) is 5.79 Å². The summed E-state index contributed by atoms with van der Waals surface area (Å²) in [5, 5.41) is 37.8. The highest BCUT2D eigenvalue weighted by Crippen LogP contribution is 2.38. The van der Waals surface area contributed by atoms with Gasteiger partial charge in [-0.3, -0.25) is 14.4 Å². The summed E-state index contributed by atoms with van der Waals surface area (Å²) in [5.41, 5.74) is 10.2. The molecule has 3 aliphatic heterocycles. The molecule has 3 fully saturated rings. The summed E-state index contributed by atoms with van der Waals surface area (Å²) in [4.78, 5) is 58.4. The van der Waals surface area contributed by atoms with Crippen molar-refractivity contribution in [2.75, 3.05) is 26.1 Å². The third kappa shape index (κ3) is 15.3. The number of ketones is 2. The maximum absolute atomic E-state index is 14.5. The van der Waals surface area contributed by atoms with Gasteiger partial charge in [0.1, 0.15) is 24.4 Å². The van der Waals surface area contributed by atoms with Crippen molar-refractivity contribution in [2.45, 2.75) is 192 Å². The largest absolute Gasteiger partial charge is 0.461 e. The third-order valence-corrected chi connectivity index (χ3v) is 15.5. The highest BCUT2D eigenvalue weighted by Gasteiger charge is 2.53. The number of allylic oxidation sites excluding steroid dienone is 5. The van der Waals surface area contributed by atoms with Gasteiger partial charge in [0.25, 0.3) is 11.7 Å². The van der Waals surface area contributed by atoms with E-state index in [0.29, 0.717) is 76.2 Å². The molecule has 70 heavy (non-hydrogen) atoms. The van der Waals surface area contributed by atoms with E-state index in [1.807, 2.05) is 89.3 Å². The number of hydrogen-bond donors (Lipinski definition) is 5. The zero-order valence-corrected chi connectivity index (χ0v) is 43.4. The van der Waals surface area contributed by atoms with Crippen LogP contribution in [0.5, 0.6) is 0 Å². The molecular formula is C56H85N3O11. The molecule has 1 saturated carbocycles. The minimum atomic E-state index is -2.41. The number of benzene rings is 1. The van der Waals surface area contributed by atoms with Gasteiger partial charge in [-0.1, -0.05) is 87.4 Å². The second-order valence-electron chi connectivity index (χ2n) is 21.2. The summed E-state index contributed by atoms with van der Waals surface area (Å²) in [7, 11) is 3.02. The second-order valence-corrected chi connectivity index (χ2v) is 21.2. The average Bonchev–Trinajstić information content (AvgIpc) is 3.33. The molecule has 1 aromatic carbocycles. The predicted molar refractivity (Wildman–Crippen MR) is 271 cm³/mol. The summed E-state index contributed by atoms with van der Waals surface area (Å²) in [6, 6.07) is 6.14. The zero-order chi connectivity index (χ0) is 51.3. The number of amides is 1. The topological polar surface area (TPSA) is 207 Å². The number of fused-ring (bicyclic) bond motifs is 3. The number of nitrogens with one attached hydrogen (secondary N) is 1. The predicted octanol–water partition coefficient (Wildman–Crippen LogP) is 7.47. The monoisotopic (exact) mass is 976 g/mol. The van der Waals surface area contributed by atoms with Crippen LogP contribution < -0.4 is 11.1 Å². The first-order chi connectivity index (χ1) is 33.3. The summed E-state index contributed by atoms with van der Waals surface area (Å²) in [6.45, 7) is 13.5. The Labute approximate surface area is 417 Å². The highest BCUT2D eigenvalue weighted by atomic mass is 16.6. The van der Waals surface area contributed by atoms with Gasteiger partial charge in [-0.05, 0) is 140 Å². The van der Waals surface area contributed by atoms with E-state index in [9.17, 15) is 34.5 Å². The number of rotatable bonds is 7. The van der Waals surface area contributed by atoms with Crippen molar-refractivity contribution < 1.29 is 53.4 Å². The van der Waals surface area contributed by atoms with Crippen molar-refractivity contribution in [3.8, 4) is 0 Å². The Morgan fingerprint density at radius 1 is 0.857 bits per heavy atom. The molecule has 3 heterocycles. The number of nitrogens with zero attached hydrogens (tertiary/aromatic N) is 1. The van der Waals surface area contributed by atoms with E-state index in [-0.39, 0.29) is 48.6 Å². The molecule has 5 rings (SSSR count). The van der Waals surface area contributed by atoms with E-state index in [1.54, 1.807) is 27.0 Å². The van der Waals surface area contributed by atoms with Gasteiger partial charge in [-0.2, -0.15) is 0 Å². The van der Waals surface area contributed by atoms with Crippen LogP contribution in [0.15, 0.2) is 71.9 Å². The molecule has 0 radical (unpaired) electrons. The molecule has 1 aromatic rings. The van der Waals surface area contributed by atoms with E-state index >= 15 is 0 Å². The van der Waals surface area contributed by atoms with Gasteiger partial charge in [-0.25, -0.2) is 4.79 Å². The molecule has 0 aromatic heterocycles. The van der Waals surface area contributed by atoms with Crippen molar-refractivity contribution in [3.05, 3.63) is 77.4 Å². The van der Waals surface area contributed by atoms with Crippen LogP contribution in [-0.4, -0.2) is 125 Å². The van der Waals surface area contributed by atoms with Gasteiger partial charge < -0.3 is 50.2 Å². The lowest BCUT2D eigenvalue weighted by Gasteiger charge is -2.43. The first kappa shape index (κ1) is 56.9. The summed E-state index contributed by atoms with van der Waals surface area (Å²) in [6.07, 6.45) is 14.0. The molecule has 6 N–H and O–H groups in total. The van der Waals surface area contributed by atoms with Crippen LogP contribution in [0.25, 0.3) is 0 Å². The number of aryl methyl sites for hydroxylation is 1. The van der Waals surface area contributed by atoms with Crippen LogP contribution >= 0.6 is 0 Å². The number of carbonyl (C=O) groups is 4. The molecule has 1 aliphatic carbocycles. The zero-order valence-electron chi connectivity index (χ0n) is 43.4. The number of piperidine rings is 1. The third-order valence-electron chi connectivity index (χ3n) is 15.5. The minimum absolute atomic E-state index is 0.0378. The van der Waals surface area contributed by atoms with Crippen molar-refractivity contribution in [3.63, 3.8) is 0 Å². The number of nitrogens with two attached hydrogens (primary N) is 1. The van der Waals surface area contributed by atoms with Crippen LogP contribution in [0.1, 0.15) is 131 Å². The average molecular weight is 976 g/mol. The molecule has 0 spiro atoms. The Hall–Kier alpha value is -4.02. The number of hydrogen-bond acceptors (Lipinski definition) is 13. The Kier molecular flexibility index (Phi) is 21.6. The Balaban J connectivity index is 1.48. The quantitative estimate of drug-likeness (QED) is 0.102. The molecule has 2 bridgehead atoms. The smallest absolute Gasteiger partial charge is 0.329 e. The van der Waals surface area contributed by atoms with Crippen LogP contribution in [0.2, 0.25) is 0 Å². The number of esters is 1. The molecule has 390 valence electrons. The maximum atomic E-state index is 14.5. The fourth-order valence-electron chi connectivity index (χ4n) is 10.9. The SMILES string of the molecule is CO[C@@H]1CC(C[C@@H](C)[C@@H]2CC[C@H](N)/C=C(\C)[C@@H](O)[C@@H](OC)C(=O)[C@H](C)C[C@H](C)/C=C/C=C/C=C(\C)[C@@H](Nc3ccc(C)cc3)CC3CC[C@@H](C)[C@@](O)(O3)C(=O)C(=O)N3CCCCC3C(=O)O2)CC[C@H]1O. The van der Waals surface area contributed by atoms with Gasteiger partial charge in [0.15, 0.2) is 5.78 Å². The van der Waals surface area contributed by atoms with Crippen molar-refractivity contribution >= 4 is 29.1 Å². The number of anilines is 1. The lowest BCUT2D eigenvalue weighted by atomic mass is 9.78. The Morgan fingerprint density at radius 2 is 1.59 bits per heavy atom. The van der Waals surface area contributed by atoms with Gasteiger partial charge in [0.05, 0.1) is 18.3 Å². The lowest BCUT2D eigenvalue weighted by molar-refractivity contribution is -0.263. The molecule has 2 saturated heterocycles. The van der Waals surface area contributed by atoms with Gasteiger partial charge in [-0.15, -0.1) is 0 Å². The van der Waals surface area contributed by atoms with Gasteiger partial charge in [0, 0.05) is 50.4 Å². The molecule has 1 amide bonds. The van der Waals surface area contributed by atoms with Gasteiger partial charge >= 0.3 is 5.97 Å². The fourth-order valence-corrected chi connectivity index (χ4v) is 10.9. The fraction of sp³-hybridized carbons (Fsp3) is 0.679. The normalized spacial score (nSPS) is 38.2. The van der Waals surface area contributed by atoms with Crippen LogP contribution in [0, 0.1) is 36.5 Å². The number of methoxy groups -OCH3 is 2. The van der Waals surface area contributed by atoms with E-state index < -0.39 is 77.9 Å². The molecule has 14 heteroatoms. The van der Waals surface area contributed by atoms with Crippen LogP contribution in [0.4, 0.5) is 5.69 Å². The standard InChI is InChI=1S/C56H85N3O11/c1-34-18-23-43(24-19-34)58-45-33-44-25-20-40(7)56(66,70-44)53(63)54(64)59-28-14-13-17-46(59)55(65)69-48(37(4)30-41-21-26-47(60)49(32-41)67-8)27-22-42(57)31-39(6)51(62)52(68-9)50(61)38(5)29-35(2)15-11-10-12-16-36(45)3/h10-12,15-16,18-19,23-24,31,35,37-38,40-42,44-49,51-52,58,60,62,66H,13-14,17,20-22,25-30,32-33,57H2,1-9H3/b12-10+,15-11+,36-16+,39-31+/t35-,37-,38-,40-,41?,42+,44?,45+,46?,47-,48+,49-,51-,52+,56-/m1/s1. The molecule has 15 atom stereocenters. The highest BCUT2D eigenvalue weighted by molar-refractivity contribution is 6.39. The van der Waals surface area contributed by atoms with Crippen molar-refractivity contribution in [1.29, 1.82) is 0 Å². The number of ether oxygens (including phenoxy) is 4. The number of carbonyl (C=O) groups excluding carboxylic acids is 4. The lowest BCUT2D eigenvalue weighted by Crippen LogP contribution is -2.61. The Bertz CT molecular complexity index is 2020. The number of Topliss-reactive ketones (excluding diaryl/α,β-unsaturated/α-hetero) is 2. The molecule has 4 aliphatic rings. The minimum Gasteiger partial charge on any atom is -0.461 e. The van der Waals surface area contributed by atoms with Crippen LogP contribution in [-0.2, 0) is 38.1 Å². The second kappa shape index (κ2) is 26.6. The van der Waals surface area contributed by atoms with E-state index in [2.05, 4.69) is 5.32 Å². The van der Waals surface area contributed by atoms with Crippen molar-refractivity contribution in [2.24, 2.45) is 35.3 Å². The molecular weight excluding hydrogens is 891 g/mol. The number of aliphatic hydroxyl groups is 3. The van der Waals surface area contributed by atoms with E-state index in [1.165, 1.54) is 12.0 Å². The Morgan fingerprint density at radius 3 is 2.29 bits per heavy atom. The maximum Gasteiger partial charge on any atom is 0.329 e. The molecule has 3 unspecified atom stereocenters. The summed E-state index contributed by atoms with van der Waals surface area (Å²) in [5.74, 6) is -6.34. The van der Waals surface area contributed by atoms with E-state index in [4.69, 9.17) is 24.7 Å². The van der Waals surface area contributed by atoms with Crippen molar-refractivity contribution in [1.82, 2.24) is 4.90 Å². The number of aliphatic hydroxyl groups excluding tert-OH is 2. The summed E-state index contributed by atoms with van der Waals surface area (Å²) >= 11 is 0. The first-order valence-electron chi connectivity index (χ1n) is 26.0. The molecule has 14 nitrogen and oxygen atoms in total. The van der Waals surface area contributed by atoms with Crippen LogP contribution in [0.3, 0.4) is 0 Å². The first-order valence-corrected chi connectivity index (χ1v) is 26.0. The van der Waals surface area contributed by atoms with E-state index in [0.717, 1.165) is 23.2 Å². The summed E-state index contributed by atoms with van der Waals surface area (Å²) < 4.78 is 24.0. The number of cyclic esters (lactones) is 1.